The molecule has 15 nitrogen and oxygen atoms in total. The molecule has 0 spiro atoms. The van der Waals surface area contributed by atoms with Gasteiger partial charge in [-0.25, -0.2) is 9.59 Å². The predicted octanol–water partition coefficient (Wildman–Crippen LogP) is -0.241. The van der Waals surface area contributed by atoms with Crippen LogP contribution in [0.25, 0.3) is 0 Å². The van der Waals surface area contributed by atoms with E-state index in [2.05, 4.69) is 14.4 Å². The van der Waals surface area contributed by atoms with Gasteiger partial charge >= 0.3 is 18.3 Å². The number of imide groups is 2. The van der Waals surface area contributed by atoms with E-state index < -0.39 is 61.2 Å². The zero-order chi connectivity index (χ0) is 24.4. The first kappa shape index (κ1) is 25.5. The van der Waals surface area contributed by atoms with Gasteiger partial charge in [0.2, 0.25) is 0 Å². The number of nitrogens with zero attached hydrogens (tertiary/aromatic N) is 2. The van der Waals surface area contributed by atoms with Crippen molar-refractivity contribution in [2.75, 3.05) is 26.9 Å². The fourth-order valence-electron chi connectivity index (χ4n) is 2.55. The molecule has 0 aromatic heterocycles. The van der Waals surface area contributed by atoms with Crippen molar-refractivity contribution in [2.24, 2.45) is 0 Å². The van der Waals surface area contributed by atoms with Crippen LogP contribution in [0.5, 0.6) is 0 Å². The van der Waals surface area contributed by atoms with E-state index in [4.69, 9.17) is 14.2 Å². The lowest BCUT2D eigenvalue weighted by Crippen LogP contribution is -2.36. The highest BCUT2D eigenvalue weighted by Gasteiger charge is 2.35. The van der Waals surface area contributed by atoms with E-state index in [9.17, 15) is 33.6 Å². The van der Waals surface area contributed by atoms with Gasteiger partial charge in [0.25, 0.3) is 23.6 Å². The number of rotatable bonds is 11. The van der Waals surface area contributed by atoms with Crippen LogP contribution in [0, 0.1) is 0 Å². The molecule has 0 N–H and O–H groups in total. The maximum atomic E-state index is 11.8. The molecular formula is C18H22N2O13. The Balaban J connectivity index is 1.82. The van der Waals surface area contributed by atoms with Gasteiger partial charge in [0.15, 0.2) is 0 Å². The Bertz CT molecular complexity index is 725. The number of hydroxylamine groups is 4. The lowest BCUT2D eigenvalue weighted by Gasteiger charge is -2.19. The van der Waals surface area contributed by atoms with E-state index in [1.54, 1.807) is 0 Å². The first-order valence-corrected chi connectivity index (χ1v) is 9.80. The zero-order valence-corrected chi connectivity index (χ0v) is 17.6. The molecule has 2 saturated heterocycles. The van der Waals surface area contributed by atoms with Gasteiger partial charge in [-0.15, -0.1) is 0 Å². The van der Waals surface area contributed by atoms with Crippen molar-refractivity contribution in [3.8, 4) is 0 Å². The number of hydrogen-bond donors (Lipinski definition) is 0. The summed E-state index contributed by atoms with van der Waals surface area (Å²) in [6, 6.07) is 0. The van der Waals surface area contributed by atoms with Gasteiger partial charge < -0.3 is 18.9 Å². The van der Waals surface area contributed by atoms with Crippen molar-refractivity contribution in [1.29, 1.82) is 0 Å². The Morgan fingerprint density at radius 2 is 1.21 bits per heavy atom. The second-order valence-electron chi connectivity index (χ2n) is 6.64. The normalized spacial score (nSPS) is 15.8. The van der Waals surface area contributed by atoms with Gasteiger partial charge in [0.05, 0.1) is 7.11 Å². The van der Waals surface area contributed by atoms with E-state index in [-0.39, 0.29) is 55.3 Å². The number of ether oxygens (including phenoxy) is 4. The number of hydrogen-bond acceptors (Lipinski definition) is 13. The van der Waals surface area contributed by atoms with Gasteiger partial charge in [0, 0.05) is 38.7 Å². The summed E-state index contributed by atoms with van der Waals surface area (Å²) in [6.07, 6.45) is -3.98. The first-order chi connectivity index (χ1) is 15.7. The largest absolute Gasteiger partial charge is 0.534 e. The molecule has 0 saturated carbocycles. The van der Waals surface area contributed by atoms with Crippen molar-refractivity contribution in [3.05, 3.63) is 0 Å². The number of carbonyl (C=O) groups excluding carboxylic acids is 7. The summed E-state index contributed by atoms with van der Waals surface area (Å²) in [4.78, 5) is 89.6. The fraction of sp³-hybridized carbons (Fsp3) is 0.611. The lowest BCUT2D eigenvalue weighted by molar-refractivity contribution is -0.179. The van der Waals surface area contributed by atoms with Crippen LogP contribution in [0.1, 0.15) is 38.5 Å². The van der Waals surface area contributed by atoms with Crippen molar-refractivity contribution in [3.63, 3.8) is 0 Å². The van der Waals surface area contributed by atoms with Crippen molar-refractivity contribution in [2.45, 2.75) is 44.6 Å². The topological polar surface area (TPSA) is 181 Å². The molecule has 33 heavy (non-hydrogen) atoms. The van der Waals surface area contributed by atoms with Gasteiger partial charge in [0.1, 0.15) is 19.3 Å². The molecule has 2 aliphatic rings. The molecule has 2 fully saturated rings. The maximum absolute atomic E-state index is 11.8. The average Bonchev–Trinajstić information content (AvgIpc) is 3.27. The minimum absolute atomic E-state index is 0.0250. The fourth-order valence-corrected chi connectivity index (χ4v) is 2.55. The highest BCUT2D eigenvalue weighted by atomic mass is 16.8. The summed E-state index contributed by atoms with van der Waals surface area (Å²) < 4.78 is 19.5. The predicted molar refractivity (Wildman–Crippen MR) is 98.0 cm³/mol. The molecular weight excluding hydrogens is 452 g/mol. The van der Waals surface area contributed by atoms with Crippen LogP contribution in [0.3, 0.4) is 0 Å². The molecule has 0 unspecified atom stereocenters. The average molecular weight is 474 g/mol. The third-order valence-corrected chi connectivity index (χ3v) is 4.22. The van der Waals surface area contributed by atoms with Crippen LogP contribution >= 0.6 is 0 Å². The number of carbonyl (C=O) groups is 7. The zero-order valence-electron chi connectivity index (χ0n) is 17.6. The molecule has 4 amide bonds. The van der Waals surface area contributed by atoms with E-state index in [1.165, 1.54) is 7.11 Å². The van der Waals surface area contributed by atoms with Gasteiger partial charge in [-0.05, 0) is 6.42 Å². The molecule has 2 aliphatic heterocycles. The minimum Gasteiger partial charge on any atom is -0.469 e. The second-order valence-corrected chi connectivity index (χ2v) is 6.64. The minimum atomic E-state index is -1.38. The van der Waals surface area contributed by atoms with Crippen LogP contribution in [-0.4, -0.2) is 85.1 Å². The van der Waals surface area contributed by atoms with Gasteiger partial charge in [-0.2, -0.15) is 0 Å². The lowest BCUT2D eigenvalue weighted by atomic mass is 10.3. The SMILES string of the molecule is COC(=O)CCCOC(COC(=O)ON1C(=O)CCC1=O)COC(=O)ON1C(=O)CCC1=O. The highest BCUT2D eigenvalue weighted by Crippen LogP contribution is 2.14. The van der Waals surface area contributed by atoms with Crippen molar-refractivity contribution >= 4 is 41.9 Å². The molecule has 0 aromatic carbocycles. The molecule has 2 heterocycles. The molecule has 15 heteroatoms. The van der Waals surface area contributed by atoms with Crippen LogP contribution in [0.2, 0.25) is 0 Å². The molecule has 0 radical (unpaired) electrons. The van der Waals surface area contributed by atoms with E-state index >= 15 is 0 Å². The quantitative estimate of drug-likeness (QED) is 0.166. The molecule has 0 aromatic rings. The second kappa shape index (κ2) is 12.3. The van der Waals surface area contributed by atoms with Crippen LogP contribution in [-0.2, 0) is 52.6 Å². The van der Waals surface area contributed by atoms with Crippen molar-refractivity contribution < 1.29 is 62.2 Å². The van der Waals surface area contributed by atoms with Crippen LogP contribution in [0.4, 0.5) is 9.59 Å². The summed E-state index contributed by atoms with van der Waals surface area (Å²) in [5, 5.41) is 0.568. The third-order valence-electron chi connectivity index (χ3n) is 4.22. The summed E-state index contributed by atoms with van der Waals surface area (Å²) >= 11 is 0. The summed E-state index contributed by atoms with van der Waals surface area (Å²) in [7, 11) is 1.22. The number of esters is 1. The number of methoxy groups -OCH3 is 1. The van der Waals surface area contributed by atoms with Gasteiger partial charge in [-0.1, -0.05) is 10.1 Å². The smallest absolute Gasteiger partial charge is 0.469 e. The molecule has 0 bridgehead atoms. The van der Waals surface area contributed by atoms with Crippen LogP contribution < -0.4 is 0 Å². The summed E-state index contributed by atoms with van der Waals surface area (Å²) in [6.45, 7) is -1.10. The maximum Gasteiger partial charge on any atom is 0.534 e. The Hall–Kier alpha value is -3.75. The van der Waals surface area contributed by atoms with E-state index in [0.717, 1.165) is 0 Å². The van der Waals surface area contributed by atoms with E-state index in [0.29, 0.717) is 0 Å². The highest BCUT2D eigenvalue weighted by molar-refractivity contribution is 6.02. The molecule has 0 atom stereocenters. The Kier molecular flexibility index (Phi) is 9.53. The Labute approximate surface area is 186 Å². The van der Waals surface area contributed by atoms with E-state index in [1.807, 2.05) is 0 Å². The Morgan fingerprint density at radius 3 is 1.61 bits per heavy atom. The van der Waals surface area contributed by atoms with Crippen molar-refractivity contribution in [1.82, 2.24) is 10.1 Å². The summed E-state index contributed by atoms with van der Waals surface area (Å²) in [5.41, 5.74) is 0. The standard InChI is InChI=1S/C18H22N2O13/c1-28-16(25)3-2-8-29-11(9-30-17(26)32-19-12(21)4-5-13(19)22)10-31-18(27)33-20-14(23)6-7-15(20)24/h11H,2-10H2,1H3. The van der Waals surface area contributed by atoms with Gasteiger partial charge in [-0.3, -0.25) is 33.6 Å². The monoisotopic (exact) mass is 474 g/mol. The summed E-state index contributed by atoms with van der Waals surface area (Å²) in [5.74, 6) is -3.29. The molecule has 0 aliphatic carbocycles. The number of amides is 4. The van der Waals surface area contributed by atoms with Crippen LogP contribution in [0.15, 0.2) is 0 Å². The third kappa shape index (κ3) is 8.03. The molecule has 2 rings (SSSR count). The molecule has 182 valence electrons. The Morgan fingerprint density at radius 1 is 0.788 bits per heavy atom. The first-order valence-electron chi connectivity index (χ1n) is 9.80.